The van der Waals surface area contributed by atoms with Crippen molar-refractivity contribution in [1.82, 2.24) is 35.6 Å². The van der Waals surface area contributed by atoms with Gasteiger partial charge >= 0.3 is 17.9 Å². The number of nitrogens with zero attached hydrogens (tertiary/aromatic N) is 4. The van der Waals surface area contributed by atoms with Crippen molar-refractivity contribution in [3.05, 3.63) is 29.6 Å². The number of rotatable bonds is 24. The van der Waals surface area contributed by atoms with Gasteiger partial charge in [0.1, 0.15) is 18.1 Å². The first kappa shape index (κ1) is 48.8. The molecule has 3 amide bonds. The van der Waals surface area contributed by atoms with Crippen LogP contribution in [0.15, 0.2) is 18.2 Å². The molecule has 1 aliphatic rings. The fourth-order valence-electron chi connectivity index (χ4n) is 6.09. The molecule has 0 saturated carbocycles. The smallest absolute Gasteiger partial charge is 0.320 e. The molecule has 0 radical (unpaired) electrons. The lowest BCUT2D eigenvalue weighted by Crippen LogP contribution is -2.52. The Kier molecular flexibility index (Phi) is 22.1. The van der Waals surface area contributed by atoms with Crippen molar-refractivity contribution < 1.29 is 74.7 Å². The van der Waals surface area contributed by atoms with E-state index in [0.717, 1.165) is 0 Å². The quantitative estimate of drug-likeness (QED) is 0.0465. The number of carbonyl (C=O) groups is 6. The lowest BCUT2D eigenvalue weighted by molar-refractivity contribution is -0.147. The van der Waals surface area contributed by atoms with E-state index in [4.69, 9.17) is 15.3 Å². The summed E-state index contributed by atoms with van der Waals surface area (Å²) in [5.74, 6) is -5.65. The molecule has 2 heterocycles. The predicted molar refractivity (Wildman–Crippen MR) is 197 cm³/mol. The SMILES string of the molecule is O=C(CCC(C(=O)O)N1CCN([C@@H](CCC(=O)NCC(O)CO)C(=O)O)CCN([C@@H](CCC(=O)NCC(O)CO)C(=O)O)Cc2cccc(n2)C1)NCC(O)CO. The van der Waals surface area contributed by atoms with Gasteiger partial charge in [-0.05, 0) is 31.4 Å². The minimum atomic E-state index is -1.35. The Balaban J connectivity index is 2.49. The molecular formula is C35H57N7O15. The molecule has 6 atom stereocenters. The van der Waals surface area contributed by atoms with Crippen LogP contribution in [0.3, 0.4) is 0 Å². The van der Waals surface area contributed by atoms with E-state index in [9.17, 15) is 59.4 Å². The maximum atomic E-state index is 12.8. The maximum Gasteiger partial charge on any atom is 0.320 e. The number of aliphatic hydroxyl groups is 6. The summed E-state index contributed by atoms with van der Waals surface area (Å²) in [6.45, 7) is -3.13. The number of carboxylic acids is 3. The molecule has 322 valence electrons. The van der Waals surface area contributed by atoms with Crippen LogP contribution in [0.25, 0.3) is 0 Å². The van der Waals surface area contributed by atoms with Crippen molar-refractivity contribution in [2.24, 2.45) is 0 Å². The van der Waals surface area contributed by atoms with E-state index in [1.807, 2.05) is 0 Å². The third kappa shape index (κ3) is 18.2. The molecule has 0 saturated heterocycles. The second kappa shape index (κ2) is 25.8. The molecule has 22 heteroatoms. The van der Waals surface area contributed by atoms with Crippen LogP contribution in [0.1, 0.15) is 49.9 Å². The lowest BCUT2D eigenvalue weighted by atomic mass is 10.1. The van der Waals surface area contributed by atoms with Crippen LogP contribution in [0.2, 0.25) is 0 Å². The Hall–Kier alpha value is -4.39. The number of fused-ring (bicyclic) bond motifs is 2. The maximum absolute atomic E-state index is 12.8. The lowest BCUT2D eigenvalue weighted by Gasteiger charge is -2.37. The highest BCUT2D eigenvalue weighted by molar-refractivity contribution is 5.80. The fourth-order valence-corrected chi connectivity index (χ4v) is 6.09. The van der Waals surface area contributed by atoms with E-state index in [1.54, 1.807) is 18.2 Å². The number of hydrogen-bond acceptors (Lipinski definition) is 16. The molecule has 4 unspecified atom stereocenters. The van der Waals surface area contributed by atoms with Gasteiger partial charge < -0.3 is 61.9 Å². The van der Waals surface area contributed by atoms with Crippen molar-refractivity contribution in [1.29, 1.82) is 0 Å². The van der Waals surface area contributed by atoms with E-state index < -0.39 is 91.9 Å². The standard InChI is InChI=1S/C35H57N7O15/c43-19-24(46)14-36-30(49)7-4-27(33(52)53)40-10-12-41(28(34(54)55)5-8-31(50)37-15-25(47)20-44)17-22-2-1-3-23(39-22)18-42(13-11-40)29(35(56)57)6-9-32(51)38-16-26(48)21-45/h1-3,24-29,43-48H,4-21H2,(H,36,49)(H,37,50)(H,38,51)(H,52,53)(H,54,55)(H,56,57)/t24?,25?,26?,27-,28-,29?/m0/s1. The minimum Gasteiger partial charge on any atom is -0.480 e. The highest BCUT2D eigenvalue weighted by Crippen LogP contribution is 2.19. The van der Waals surface area contributed by atoms with Crippen molar-refractivity contribution in [2.75, 3.05) is 65.6 Å². The zero-order valence-corrected chi connectivity index (χ0v) is 31.7. The van der Waals surface area contributed by atoms with Crippen LogP contribution in [0.5, 0.6) is 0 Å². The molecule has 1 aliphatic heterocycles. The summed E-state index contributed by atoms with van der Waals surface area (Å²) < 4.78 is 0. The van der Waals surface area contributed by atoms with Crippen molar-refractivity contribution in [2.45, 2.75) is 88.1 Å². The minimum absolute atomic E-state index is 0.0843. The molecule has 0 aliphatic carbocycles. The van der Waals surface area contributed by atoms with Crippen LogP contribution < -0.4 is 16.0 Å². The summed E-state index contributed by atoms with van der Waals surface area (Å²) >= 11 is 0. The van der Waals surface area contributed by atoms with Crippen LogP contribution in [0, 0.1) is 0 Å². The molecule has 2 bridgehead atoms. The highest BCUT2D eigenvalue weighted by atomic mass is 16.4. The van der Waals surface area contributed by atoms with Gasteiger partial charge in [-0.1, -0.05) is 6.07 Å². The topological polar surface area (TPSA) is 343 Å². The van der Waals surface area contributed by atoms with Crippen LogP contribution in [-0.2, 0) is 41.9 Å². The van der Waals surface area contributed by atoms with E-state index >= 15 is 0 Å². The van der Waals surface area contributed by atoms with Crippen LogP contribution >= 0.6 is 0 Å². The zero-order chi connectivity index (χ0) is 42.5. The molecule has 22 nitrogen and oxygen atoms in total. The number of aliphatic hydroxyl groups excluding tert-OH is 6. The number of aliphatic carboxylic acids is 3. The number of carboxylic acid groups (broad SMARTS) is 3. The van der Waals surface area contributed by atoms with Gasteiger partial charge in [-0.15, -0.1) is 0 Å². The molecule has 12 N–H and O–H groups in total. The number of aromatic nitrogens is 1. The Morgan fingerprint density at radius 2 is 0.842 bits per heavy atom. The first-order chi connectivity index (χ1) is 27.1. The predicted octanol–water partition coefficient (Wildman–Crippen LogP) is -4.89. The third-order valence-electron chi connectivity index (χ3n) is 9.29. The van der Waals surface area contributed by atoms with Gasteiger partial charge in [-0.2, -0.15) is 0 Å². The molecule has 0 spiro atoms. The van der Waals surface area contributed by atoms with Crippen molar-refractivity contribution >= 4 is 35.6 Å². The number of carbonyl (C=O) groups excluding carboxylic acids is 3. The van der Waals surface area contributed by atoms with E-state index in [0.29, 0.717) is 11.4 Å². The zero-order valence-electron chi connectivity index (χ0n) is 31.7. The average molecular weight is 816 g/mol. The summed E-state index contributed by atoms with van der Waals surface area (Å²) in [7, 11) is 0. The molecule has 1 aromatic heterocycles. The monoisotopic (exact) mass is 815 g/mol. The highest BCUT2D eigenvalue weighted by Gasteiger charge is 2.33. The average Bonchev–Trinajstić information content (AvgIpc) is 3.17. The molecule has 2 rings (SSSR count). The third-order valence-corrected chi connectivity index (χ3v) is 9.29. The molecule has 1 aromatic rings. The summed E-state index contributed by atoms with van der Waals surface area (Å²) in [6.07, 6.45) is -5.14. The summed E-state index contributed by atoms with van der Waals surface area (Å²) in [5.41, 5.74) is 0.762. The van der Waals surface area contributed by atoms with Gasteiger partial charge in [0, 0.05) is 78.2 Å². The number of nitrogens with one attached hydrogen (secondary N) is 3. The summed E-state index contributed by atoms with van der Waals surface area (Å²) in [6, 6.07) is 0.996. The Labute approximate surface area is 329 Å². The molecule has 0 aromatic carbocycles. The molecule has 0 fully saturated rings. The Morgan fingerprint density at radius 1 is 0.544 bits per heavy atom. The second-order valence-corrected chi connectivity index (χ2v) is 13.7. The summed E-state index contributed by atoms with van der Waals surface area (Å²) in [4.78, 5) is 84.9. The molecular weight excluding hydrogens is 758 g/mol. The first-order valence-corrected chi connectivity index (χ1v) is 18.6. The van der Waals surface area contributed by atoms with Gasteiger partial charge in [-0.25, -0.2) is 0 Å². The van der Waals surface area contributed by atoms with E-state index in [2.05, 4.69) is 20.9 Å². The fraction of sp³-hybridized carbons (Fsp3) is 0.686. The van der Waals surface area contributed by atoms with E-state index in [1.165, 1.54) is 14.7 Å². The van der Waals surface area contributed by atoms with Gasteiger partial charge in [-0.3, -0.25) is 48.5 Å². The van der Waals surface area contributed by atoms with Crippen LogP contribution in [0.4, 0.5) is 0 Å². The Morgan fingerprint density at radius 3 is 1.14 bits per heavy atom. The normalized spacial score (nSPS) is 17.7. The van der Waals surface area contributed by atoms with Crippen molar-refractivity contribution in [3.63, 3.8) is 0 Å². The van der Waals surface area contributed by atoms with Crippen molar-refractivity contribution in [3.8, 4) is 0 Å². The Bertz CT molecular complexity index is 1380. The van der Waals surface area contributed by atoms with E-state index in [-0.39, 0.29) is 97.4 Å². The number of amides is 3. The second-order valence-electron chi connectivity index (χ2n) is 13.7. The first-order valence-electron chi connectivity index (χ1n) is 18.6. The summed E-state index contributed by atoms with van der Waals surface area (Å²) in [5, 5.41) is 94.1. The van der Waals surface area contributed by atoms with Gasteiger partial charge in [0.25, 0.3) is 0 Å². The number of hydrogen-bond donors (Lipinski definition) is 12. The van der Waals surface area contributed by atoms with Gasteiger partial charge in [0.05, 0.1) is 49.5 Å². The molecule has 57 heavy (non-hydrogen) atoms. The number of pyridine rings is 1. The van der Waals surface area contributed by atoms with Gasteiger partial charge in [0.15, 0.2) is 0 Å². The van der Waals surface area contributed by atoms with Gasteiger partial charge in [0.2, 0.25) is 17.7 Å². The van der Waals surface area contributed by atoms with Crippen LogP contribution in [-0.4, -0.2) is 203 Å². The largest absolute Gasteiger partial charge is 0.480 e.